The van der Waals surface area contributed by atoms with Crippen LogP contribution < -0.4 is 10.6 Å². The van der Waals surface area contributed by atoms with E-state index in [9.17, 15) is 4.79 Å². The number of nitrogens with one attached hydrogen (secondary N) is 2. The Morgan fingerprint density at radius 1 is 1.31 bits per heavy atom. The molecule has 1 atom stereocenters. The van der Waals surface area contributed by atoms with Crippen LogP contribution in [0.2, 0.25) is 5.02 Å². The van der Waals surface area contributed by atoms with Crippen molar-refractivity contribution in [2.24, 2.45) is 0 Å². The molecule has 0 bridgehead atoms. The van der Waals surface area contributed by atoms with Crippen molar-refractivity contribution in [1.29, 1.82) is 0 Å². The average Bonchev–Trinajstić information content (AvgIpc) is 3.30. The maximum absolute atomic E-state index is 12.2. The normalized spacial score (nSPS) is 11.9. The van der Waals surface area contributed by atoms with Crippen LogP contribution in [-0.4, -0.2) is 21.9 Å². The molecule has 0 aliphatic carbocycles. The molecule has 3 aromatic rings. The first-order valence-corrected chi connectivity index (χ1v) is 10.1. The Morgan fingerprint density at radius 2 is 2.15 bits per heavy atom. The highest BCUT2D eigenvalue weighted by Crippen LogP contribution is 2.26. The van der Waals surface area contributed by atoms with Gasteiger partial charge in [0, 0.05) is 5.02 Å². The summed E-state index contributed by atoms with van der Waals surface area (Å²) in [5.74, 6) is 1.01. The fraction of sp³-hybridized carbons (Fsp3) is 0.235. The van der Waals surface area contributed by atoms with E-state index in [4.69, 9.17) is 16.0 Å². The Morgan fingerprint density at radius 3 is 2.92 bits per heavy atom. The molecule has 136 valence electrons. The molecule has 2 heterocycles. The number of nitrogens with zero attached hydrogens (tertiary/aromatic N) is 2. The highest BCUT2D eigenvalue weighted by Gasteiger charge is 2.13. The zero-order valence-electron chi connectivity index (χ0n) is 13.9. The number of carbonyl (C=O) groups excluding carboxylic acids is 1. The van der Waals surface area contributed by atoms with Crippen LogP contribution in [0.3, 0.4) is 0 Å². The molecule has 0 saturated heterocycles. The van der Waals surface area contributed by atoms with Crippen molar-refractivity contribution >= 4 is 45.7 Å². The van der Waals surface area contributed by atoms with Crippen LogP contribution in [0.25, 0.3) is 0 Å². The summed E-state index contributed by atoms with van der Waals surface area (Å²) in [6.45, 7) is 2.45. The number of benzene rings is 1. The minimum Gasteiger partial charge on any atom is -0.467 e. The Bertz CT molecular complexity index is 854. The minimum atomic E-state index is -0.156. The van der Waals surface area contributed by atoms with Gasteiger partial charge in [-0.25, -0.2) is 0 Å². The van der Waals surface area contributed by atoms with Gasteiger partial charge in [-0.3, -0.25) is 4.79 Å². The molecule has 0 unspecified atom stereocenters. The lowest BCUT2D eigenvalue weighted by molar-refractivity contribution is -0.119. The van der Waals surface area contributed by atoms with Gasteiger partial charge >= 0.3 is 0 Å². The largest absolute Gasteiger partial charge is 0.467 e. The lowest BCUT2D eigenvalue weighted by Gasteiger charge is -2.15. The second kappa shape index (κ2) is 9.07. The van der Waals surface area contributed by atoms with Gasteiger partial charge in [0.25, 0.3) is 0 Å². The van der Waals surface area contributed by atoms with Crippen molar-refractivity contribution in [1.82, 2.24) is 15.5 Å². The molecule has 0 saturated carbocycles. The molecule has 26 heavy (non-hydrogen) atoms. The van der Waals surface area contributed by atoms with Gasteiger partial charge in [-0.15, -0.1) is 10.2 Å². The topological polar surface area (TPSA) is 80.0 Å². The van der Waals surface area contributed by atoms with E-state index in [-0.39, 0.29) is 17.7 Å². The zero-order valence-corrected chi connectivity index (χ0v) is 16.3. The van der Waals surface area contributed by atoms with Gasteiger partial charge in [0.15, 0.2) is 4.34 Å². The third kappa shape index (κ3) is 5.23. The summed E-state index contributed by atoms with van der Waals surface area (Å²) in [4.78, 5) is 12.2. The molecular weight excluding hydrogens is 392 g/mol. The standard InChI is InChI=1S/C17H17ClN4O2S2/c1-11(13-6-2-3-7-14(13)18)20-15(23)10-25-17-22-21-16(26-17)19-9-12-5-4-8-24-12/h2-8,11H,9-10H2,1H3,(H,19,21)(H,20,23)/t11-/m1/s1. The monoisotopic (exact) mass is 408 g/mol. The Labute approximate surface area is 164 Å². The van der Waals surface area contributed by atoms with Crippen molar-refractivity contribution in [2.45, 2.75) is 23.8 Å². The molecule has 3 rings (SSSR count). The predicted octanol–water partition coefficient (Wildman–Crippen LogP) is 4.37. The number of halogens is 1. The van der Waals surface area contributed by atoms with Crippen molar-refractivity contribution in [3.63, 3.8) is 0 Å². The van der Waals surface area contributed by atoms with Crippen LogP contribution in [0.15, 0.2) is 51.4 Å². The highest BCUT2D eigenvalue weighted by atomic mass is 35.5. The second-order valence-corrected chi connectivity index (χ2v) is 8.01. The van der Waals surface area contributed by atoms with Crippen LogP contribution >= 0.6 is 34.7 Å². The average molecular weight is 409 g/mol. The summed E-state index contributed by atoms with van der Waals surface area (Å²) < 4.78 is 5.98. The Balaban J connectivity index is 1.45. The van der Waals surface area contributed by atoms with Gasteiger partial charge in [-0.05, 0) is 30.7 Å². The van der Waals surface area contributed by atoms with Crippen LogP contribution in [-0.2, 0) is 11.3 Å². The van der Waals surface area contributed by atoms with Crippen molar-refractivity contribution in [3.8, 4) is 0 Å². The van der Waals surface area contributed by atoms with E-state index in [2.05, 4.69) is 20.8 Å². The molecule has 0 spiro atoms. The maximum atomic E-state index is 12.2. The number of furan rings is 1. The minimum absolute atomic E-state index is 0.0808. The summed E-state index contributed by atoms with van der Waals surface area (Å²) in [6.07, 6.45) is 1.63. The summed E-state index contributed by atoms with van der Waals surface area (Å²) in [7, 11) is 0. The van der Waals surface area contributed by atoms with Gasteiger partial charge in [-0.1, -0.05) is 52.9 Å². The van der Waals surface area contributed by atoms with Crippen molar-refractivity contribution in [2.75, 3.05) is 11.1 Å². The lowest BCUT2D eigenvalue weighted by atomic mass is 10.1. The quantitative estimate of drug-likeness (QED) is 0.539. The Kier molecular flexibility index (Phi) is 6.54. The van der Waals surface area contributed by atoms with Gasteiger partial charge in [0.05, 0.1) is 24.6 Å². The first-order valence-electron chi connectivity index (χ1n) is 7.88. The third-order valence-electron chi connectivity index (χ3n) is 3.48. The smallest absolute Gasteiger partial charge is 0.230 e. The summed E-state index contributed by atoms with van der Waals surface area (Å²) in [5.41, 5.74) is 0.896. The van der Waals surface area contributed by atoms with Crippen molar-refractivity contribution < 1.29 is 9.21 Å². The molecule has 2 aromatic heterocycles. The first kappa shape index (κ1) is 18.8. The van der Waals surface area contributed by atoms with E-state index in [1.54, 1.807) is 6.26 Å². The van der Waals surface area contributed by atoms with E-state index < -0.39 is 0 Å². The molecule has 9 heteroatoms. The second-order valence-electron chi connectivity index (χ2n) is 5.41. The number of amides is 1. The SMILES string of the molecule is C[C@@H](NC(=O)CSc1nnc(NCc2ccco2)s1)c1ccccc1Cl. The van der Waals surface area contributed by atoms with Gasteiger partial charge < -0.3 is 15.1 Å². The van der Waals surface area contributed by atoms with E-state index in [0.717, 1.165) is 15.7 Å². The molecule has 2 N–H and O–H groups in total. The molecule has 1 aromatic carbocycles. The Hall–Kier alpha value is -2.03. The van der Waals surface area contributed by atoms with E-state index >= 15 is 0 Å². The number of thioether (sulfide) groups is 1. The number of hydrogen-bond donors (Lipinski definition) is 2. The maximum Gasteiger partial charge on any atom is 0.230 e. The fourth-order valence-electron chi connectivity index (χ4n) is 2.23. The number of carbonyl (C=O) groups is 1. The molecule has 1 amide bonds. The zero-order chi connectivity index (χ0) is 18.4. The van der Waals surface area contributed by atoms with E-state index in [1.165, 1.54) is 23.1 Å². The van der Waals surface area contributed by atoms with Crippen LogP contribution in [0.1, 0.15) is 24.3 Å². The molecule has 0 radical (unpaired) electrons. The van der Waals surface area contributed by atoms with E-state index in [0.29, 0.717) is 16.7 Å². The van der Waals surface area contributed by atoms with E-state index in [1.807, 2.05) is 43.3 Å². The van der Waals surface area contributed by atoms with Gasteiger partial charge in [0.1, 0.15) is 5.76 Å². The molecule has 0 fully saturated rings. The third-order valence-corrected chi connectivity index (χ3v) is 5.83. The fourth-order valence-corrected chi connectivity index (χ4v) is 4.09. The van der Waals surface area contributed by atoms with Crippen LogP contribution in [0.5, 0.6) is 0 Å². The number of hydrogen-bond acceptors (Lipinski definition) is 7. The lowest BCUT2D eigenvalue weighted by Crippen LogP contribution is -2.28. The molecule has 0 aliphatic rings. The summed E-state index contributed by atoms with van der Waals surface area (Å²) in [5, 5.41) is 15.5. The summed E-state index contributed by atoms with van der Waals surface area (Å²) in [6, 6.07) is 11.0. The molecule has 0 aliphatic heterocycles. The van der Waals surface area contributed by atoms with Gasteiger partial charge in [-0.2, -0.15) is 0 Å². The van der Waals surface area contributed by atoms with Crippen LogP contribution in [0.4, 0.5) is 5.13 Å². The first-order chi connectivity index (χ1) is 12.6. The van der Waals surface area contributed by atoms with Crippen LogP contribution in [0, 0.1) is 0 Å². The predicted molar refractivity (Wildman–Crippen MR) is 105 cm³/mol. The molecular formula is C17H17ClN4O2S2. The number of aromatic nitrogens is 2. The number of rotatable bonds is 8. The summed E-state index contributed by atoms with van der Waals surface area (Å²) >= 11 is 8.91. The molecule has 6 nitrogen and oxygen atoms in total. The number of anilines is 1. The highest BCUT2D eigenvalue weighted by molar-refractivity contribution is 8.01. The van der Waals surface area contributed by atoms with Crippen molar-refractivity contribution in [3.05, 3.63) is 59.0 Å². The van der Waals surface area contributed by atoms with Gasteiger partial charge in [0.2, 0.25) is 11.0 Å².